The van der Waals surface area contributed by atoms with Crippen LogP contribution in [-0.4, -0.2) is 49.1 Å². The summed E-state index contributed by atoms with van der Waals surface area (Å²) in [4.78, 5) is 26.1. The van der Waals surface area contributed by atoms with Gasteiger partial charge in [0.15, 0.2) is 0 Å². The number of likely N-dealkylation sites (tertiary alicyclic amines) is 1. The lowest BCUT2D eigenvalue weighted by Gasteiger charge is -2.31. The highest BCUT2D eigenvalue weighted by molar-refractivity contribution is 5.94. The standard InChI is InChI=1S/C16H22N2O4/c19-15(17-10-14-2-1-8-22-14)12-3-6-18(7-4-12)16(20)13-5-9-21-11-13/h5,9,11-12,14H,1-4,6-8,10H2,(H,17,19). The molecule has 1 N–H and O–H groups in total. The summed E-state index contributed by atoms with van der Waals surface area (Å²) in [5.74, 6) is 0.0627. The van der Waals surface area contributed by atoms with Crippen molar-refractivity contribution in [2.45, 2.75) is 31.8 Å². The Hall–Kier alpha value is -1.82. The lowest BCUT2D eigenvalue weighted by molar-refractivity contribution is -0.126. The quantitative estimate of drug-likeness (QED) is 0.913. The van der Waals surface area contributed by atoms with Gasteiger partial charge in [-0.25, -0.2) is 0 Å². The number of carbonyl (C=O) groups excluding carboxylic acids is 2. The molecule has 2 amide bonds. The van der Waals surface area contributed by atoms with Crippen LogP contribution >= 0.6 is 0 Å². The Morgan fingerprint density at radius 2 is 2.09 bits per heavy atom. The summed E-state index contributed by atoms with van der Waals surface area (Å²) in [5.41, 5.74) is 0.571. The Labute approximate surface area is 129 Å². The fourth-order valence-corrected chi connectivity index (χ4v) is 3.08. The van der Waals surface area contributed by atoms with Crippen LogP contribution in [0.1, 0.15) is 36.0 Å². The summed E-state index contributed by atoms with van der Waals surface area (Å²) in [6.07, 6.45) is 6.66. The van der Waals surface area contributed by atoms with Gasteiger partial charge < -0.3 is 19.4 Å². The maximum absolute atomic E-state index is 12.2. The van der Waals surface area contributed by atoms with Crippen molar-refractivity contribution in [3.05, 3.63) is 24.2 Å². The second-order valence-corrected chi connectivity index (χ2v) is 5.96. The third-order valence-corrected chi connectivity index (χ3v) is 4.45. The molecule has 22 heavy (non-hydrogen) atoms. The molecule has 1 unspecified atom stereocenters. The average molecular weight is 306 g/mol. The van der Waals surface area contributed by atoms with Crippen molar-refractivity contribution in [3.8, 4) is 0 Å². The number of nitrogens with zero attached hydrogens (tertiary/aromatic N) is 1. The number of ether oxygens (including phenoxy) is 1. The average Bonchev–Trinajstić information content (AvgIpc) is 3.25. The van der Waals surface area contributed by atoms with Crippen LogP contribution in [0, 0.1) is 5.92 Å². The van der Waals surface area contributed by atoms with Crippen LogP contribution in [0.4, 0.5) is 0 Å². The predicted molar refractivity (Wildman–Crippen MR) is 79.3 cm³/mol. The summed E-state index contributed by atoms with van der Waals surface area (Å²) in [6.45, 7) is 2.63. The van der Waals surface area contributed by atoms with E-state index >= 15 is 0 Å². The van der Waals surface area contributed by atoms with Gasteiger partial charge in [-0.2, -0.15) is 0 Å². The number of hydrogen-bond donors (Lipinski definition) is 1. The van der Waals surface area contributed by atoms with E-state index in [1.807, 2.05) is 0 Å². The number of rotatable bonds is 4. The number of amides is 2. The van der Waals surface area contributed by atoms with Crippen molar-refractivity contribution in [1.82, 2.24) is 10.2 Å². The second kappa shape index (κ2) is 6.96. The van der Waals surface area contributed by atoms with Crippen molar-refractivity contribution in [2.24, 2.45) is 5.92 Å². The van der Waals surface area contributed by atoms with Crippen LogP contribution in [0.3, 0.4) is 0 Å². The molecule has 1 aromatic rings. The van der Waals surface area contributed by atoms with Gasteiger partial charge in [-0.3, -0.25) is 9.59 Å². The maximum Gasteiger partial charge on any atom is 0.257 e. The summed E-state index contributed by atoms with van der Waals surface area (Å²) in [6, 6.07) is 1.67. The van der Waals surface area contributed by atoms with E-state index in [0.717, 1.165) is 19.4 Å². The highest BCUT2D eigenvalue weighted by Crippen LogP contribution is 2.20. The van der Waals surface area contributed by atoms with Gasteiger partial charge in [0.2, 0.25) is 5.91 Å². The minimum absolute atomic E-state index is 0.00481. The van der Waals surface area contributed by atoms with E-state index in [1.165, 1.54) is 12.5 Å². The molecule has 0 radical (unpaired) electrons. The smallest absolute Gasteiger partial charge is 0.257 e. The minimum atomic E-state index is -0.0213. The van der Waals surface area contributed by atoms with Crippen molar-refractivity contribution < 1.29 is 18.7 Å². The normalized spacial score (nSPS) is 22.7. The molecule has 1 aromatic heterocycles. The molecule has 0 saturated carbocycles. The molecule has 2 aliphatic heterocycles. The van der Waals surface area contributed by atoms with E-state index in [0.29, 0.717) is 38.0 Å². The van der Waals surface area contributed by atoms with Crippen LogP contribution in [0.15, 0.2) is 23.0 Å². The van der Waals surface area contributed by atoms with Crippen molar-refractivity contribution >= 4 is 11.8 Å². The molecule has 2 aliphatic rings. The molecule has 0 aliphatic carbocycles. The lowest BCUT2D eigenvalue weighted by atomic mass is 9.95. The number of furan rings is 1. The Kier molecular flexibility index (Phi) is 4.77. The van der Waals surface area contributed by atoms with Gasteiger partial charge in [0.25, 0.3) is 5.91 Å². The molecule has 0 spiro atoms. The zero-order chi connectivity index (χ0) is 15.4. The molecule has 1 atom stereocenters. The Bertz CT molecular complexity index is 500. The van der Waals surface area contributed by atoms with Crippen LogP contribution in [-0.2, 0) is 9.53 Å². The first-order valence-electron chi connectivity index (χ1n) is 7.95. The van der Waals surface area contributed by atoms with E-state index in [1.54, 1.807) is 11.0 Å². The number of piperidine rings is 1. The van der Waals surface area contributed by atoms with E-state index in [4.69, 9.17) is 9.15 Å². The van der Waals surface area contributed by atoms with Crippen molar-refractivity contribution in [3.63, 3.8) is 0 Å². The van der Waals surface area contributed by atoms with Crippen LogP contribution in [0.25, 0.3) is 0 Å². The molecule has 2 fully saturated rings. The predicted octanol–water partition coefficient (Wildman–Crippen LogP) is 1.43. The van der Waals surface area contributed by atoms with Gasteiger partial charge in [-0.05, 0) is 31.7 Å². The molecule has 0 aromatic carbocycles. The van der Waals surface area contributed by atoms with E-state index in [9.17, 15) is 9.59 Å². The summed E-state index contributed by atoms with van der Waals surface area (Å²) < 4.78 is 10.4. The molecule has 2 saturated heterocycles. The molecular weight excluding hydrogens is 284 g/mol. The molecule has 3 heterocycles. The highest BCUT2D eigenvalue weighted by Gasteiger charge is 2.28. The van der Waals surface area contributed by atoms with Gasteiger partial charge in [-0.1, -0.05) is 0 Å². The van der Waals surface area contributed by atoms with E-state index < -0.39 is 0 Å². The number of carbonyl (C=O) groups is 2. The van der Waals surface area contributed by atoms with Crippen molar-refractivity contribution in [2.75, 3.05) is 26.2 Å². The maximum atomic E-state index is 12.2. The summed E-state index contributed by atoms with van der Waals surface area (Å²) in [5, 5.41) is 2.98. The lowest BCUT2D eigenvalue weighted by Crippen LogP contribution is -2.44. The van der Waals surface area contributed by atoms with Crippen LogP contribution < -0.4 is 5.32 Å². The van der Waals surface area contributed by atoms with Crippen LogP contribution in [0.5, 0.6) is 0 Å². The third-order valence-electron chi connectivity index (χ3n) is 4.45. The minimum Gasteiger partial charge on any atom is -0.472 e. The summed E-state index contributed by atoms with van der Waals surface area (Å²) >= 11 is 0. The van der Waals surface area contributed by atoms with Gasteiger partial charge in [0.1, 0.15) is 6.26 Å². The van der Waals surface area contributed by atoms with E-state index in [-0.39, 0.29) is 23.8 Å². The molecule has 3 rings (SSSR count). The zero-order valence-electron chi connectivity index (χ0n) is 12.6. The molecule has 120 valence electrons. The van der Waals surface area contributed by atoms with E-state index in [2.05, 4.69) is 5.32 Å². The first-order valence-corrected chi connectivity index (χ1v) is 7.95. The third kappa shape index (κ3) is 3.50. The molecule has 0 bridgehead atoms. The monoisotopic (exact) mass is 306 g/mol. The Balaban J connectivity index is 1.42. The zero-order valence-corrected chi connectivity index (χ0v) is 12.6. The number of nitrogens with one attached hydrogen (secondary N) is 1. The fourth-order valence-electron chi connectivity index (χ4n) is 3.08. The molecule has 6 nitrogen and oxygen atoms in total. The second-order valence-electron chi connectivity index (χ2n) is 5.96. The Morgan fingerprint density at radius 1 is 1.27 bits per heavy atom. The van der Waals surface area contributed by atoms with Gasteiger partial charge in [0, 0.05) is 32.2 Å². The molecule has 6 heteroatoms. The van der Waals surface area contributed by atoms with Gasteiger partial charge >= 0.3 is 0 Å². The largest absolute Gasteiger partial charge is 0.472 e. The number of hydrogen-bond acceptors (Lipinski definition) is 4. The van der Waals surface area contributed by atoms with Gasteiger partial charge in [-0.15, -0.1) is 0 Å². The SMILES string of the molecule is O=C(NCC1CCCO1)C1CCN(C(=O)c2ccoc2)CC1. The first-order chi connectivity index (χ1) is 10.7. The topological polar surface area (TPSA) is 71.8 Å². The van der Waals surface area contributed by atoms with Crippen molar-refractivity contribution in [1.29, 1.82) is 0 Å². The highest BCUT2D eigenvalue weighted by atomic mass is 16.5. The van der Waals surface area contributed by atoms with Gasteiger partial charge in [0.05, 0.1) is 17.9 Å². The first kappa shape index (κ1) is 15.1. The van der Waals surface area contributed by atoms with Crippen LogP contribution in [0.2, 0.25) is 0 Å². The fraction of sp³-hybridized carbons (Fsp3) is 0.625. The Morgan fingerprint density at radius 3 is 2.73 bits per heavy atom. The molecular formula is C16H22N2O4. The summed E-state index contributed by atoms with van der Waals surface area (Å²) in [7, 11) is 0.